The van der Waals surface area contributed by atoms with Crippen molar-refractivity contribution >= 4 is 22.9 Å². The Morgan fingerprint density at radius 2 is 2.20 bits per heavy atom. The molecule has 2 heterocycles. The van der Waals surface area contributed by atoms with Gasteiger partial charge in [-0.2, -0.15) is 5.10 Å². The molecule has 0 spiro atoms. The minimum atomic E-state index is -0.493. The number of nitro groups is 1. The van der Waals surface area contributed by atoms with E-state index in [1.807, 2.05) is 17.5 Å². The normalized spacial score (nSPS) is 10.6. The van der Waals surface area contributed by atoms with E-state index in [2.05, 4.69) is 10.6 Å². The van der Waals surface area contributed by atoms with E-state index in [0.717, 1.165) is 4.88 Å². The summed E-state index contributed by atoms with van der Waals surface area (Å²) in [6.07, 6.45) is 0. The molecule has 1 N–H and O–H groups in total. The highest BCUT2D eigenvalue weighted by atomic mass is 32.1. The van der Waals surface area contributed by atoms with Gasteiger partial charge in [-0.05, 0) is 30.5 Å². The van der Waals surface area contributed by atoms with Crippen molar-refractivity contribution in [2.45, 2.75) is 6.92 Å². The molecule has 0 saturated heterocycles. The number of hydrogen-bond donors (Lipinski definition) is 1. The van der Waals surface area contributed by atoms with Gasteiger partial charge in [0.05, 0.1) is 22.1 Å². The molecule has 2 aromatic heterocycles. The number of rotatable bonds is 6. The number of benzene rings is 1. The monoisotopic (exact) mass is 358 g/mol. The number of non-ortho nitro benzene ring substituents is 1. The summed E-state index contributed by atoms with van der Waals surface area (Å²) in [5.41, 5.74) is 3.48. The smallest absolute Gasteiger partial charge is 0.274 e. The lowest BCUT2D eigenvalue weighted by atomic mass is 10.2. The van der Waals surface area contributed by atoms with Gasteiger partial charge in [0, 0.05) is 12.1 Å². The van der Waals surface area contributed by atoms with Gasteiger partial charge in [-0.25, -0.2) is 10.2 Å². The zero-order valence-electron chi connectivity index (χ0n) is 13.2. The second kappa shape index (κ2) is 7.24. The number of carbonyl (C=O) groups is 1. The Hall–Kier alpha value is -3.04. The molecule has 8 nitrogen and oxygen atoms in total. The molecule has 0 bridgehead atoms. The third kappa shape index (κ3) is 3.57. The fourth-order valence-electron chi connectivity index (χ4n) is 2.21. The van der Waals surface area contributed by atoms with Crippen LogP contribution in [0.2, 0.25) is 0 Å². The average molecular weight is 358 g/mol. The van der Waals surface area contributed by atoms with Crippen LogP contribution in [0.1, 0.15) is 17.4 Å². The van der Waals surface area contributed by atoms with Crippen molar-refractivity contribution in [2.75, 3.05) is 6.61 Å². The van der Waals surface area contributed by atoms with Crippen LogP contribution in [0, 0.1) is 10.1 Å². The average Bonchev–Trinajstić information content (AvgIpc) is 3.29. The summed E-state index contributed by atoms with van der Waals surface area (Å²) < 4.78 is 1.37. The molecule has 0 saturated carbocycles. The summed E-state index contributed by atoms with van der Waals surface area (Å²) in [6, 6.07) is 11.3. The second-order valence-corrected chi connectivity index (χ2v) is 5.89. The summed E-state index contributed by atoms with van der Waals surface area (Å²) in [4.78, 5) is 28.7. The van der Waals surface area contributed by atoms with Crippen LogP contribution in [0.3, 0.4) is 0 Å². The quantitative estimate of drug-likeness (QED) is 0.539. The van der Waals surface area contributed by atoms with Crippen LogP contribution in [0.5, 0.6) is 0 Å². The van der Waals surface area contributed by atoms with Gasteiger partial charge in [0.15, 0.2) is 0 Å². The molecule has 3 rings (SSSR count). The van der Waals surface area contributed by atoms with Crippen molar-refractivity contribution in [2.24, 2.45) is 0 Å². The van der Waals surface area contributed by atoms with Crippen molar-refractivity contribution in [3.05, 3.63) is 63.7 Å². The molecule has 0 aliphatic rings. The number of hydrogen-bond acceptors (Lipinski definition) is 6. The first-order valence-electron chi connectivity index (χ1n) is 7.41. The van der Waals surface area contributed by atoms with Crippen LogP contribution in [-0.2, 0) is 4.84 Å². The number of amides is 1. The Labute approximate surface area is 146 Å². The van der Waals surface area contributed by atoms with E-state index < -0.39 is 10.8 Å². The number of aromatic nitrogens is 2. The zero-order valence-corrected chi connectivity index (χ0v) is 14.0. The van der Waals surface area contributed by atoms with E-state index >= 15 is 0 Å². The number of nitrogens with one attached hydrogen (secondary N) is 1. The SMILES string of the molecule is CCONC(=O)c1cc(-c2cccs2)nn1-c1cccc([N+](=O)[O-])c1. The van der Waals surface area contributed by atoms with Crippen LogP contribution >= 0.6 is 11.3 Å². The fraction of sp³-hybridized carbons (Fsp3) is 0.125. The summed E-state index contributed by atoms with van der Waals surface area (Å²) in [7, 11) is 0. The largest absolute Gasteiger partial charge is 0.293 e. The first kappa shape index (κ1) is 16.8. The molecule has 0 atom stereocenters. The van der Waals surface area contributed by atoms with Crippen LogP contribution < -0.4 is 5.48 Å². The summed E-state index contributed by atoms with van der Waals surface area (Å²) in [5.74, 6) is -0.483. The number of carbonyl (C=O) groups excluding carboxylic acids is 1. The Morgan fingerprint density at radius 3 is 2.88 bits per heavy atom. The molecule has 0 radical (unpaired) electrons. The highest BCUT2D eigenvalue weighted by molar-refractivity contribution is 7.13. The van der Waals surface area contributed by atoms with Gasteiger partial charge in [0.1, 0.15) is 11.4 Å². The number of thiophene rings is 1. The Bertz CT molecular complexity index is 905. The predicted molar refractivity (Wildman–Crippen MR) is 92.6 cm³/mol. The molecule has 0 fully saturated rings. The van der Waals surface area contributed by atoms with Gasteiger partial charge in [-0.15, -0.1) is 11.3 Å². The predicted octanol–water partition coefficient (Wildman–Crippen LogP) is 3.19. The van der Waals surface area contributed by atoms with Gasteiger partial charge in [0.25, 0.3) is 11.6 Å². The van der Waals surface area contributed by atoms with Gasteiger partial charge < -0.3 is 0 Å². The lowest BCUT2D eigenvalue weighted by Crippen LogP contribution is -2.26. The third-order valence-corrected chi connectivity index (χ3v) is 4.20. The van der Waals surface area contributed by atoms with Gasteiger partial charge >= 0.3 is 0 Å². The van der Waals surface area contributed by atoms with E-state index in [1.165, 1.54) is 28.2 Å². The molecular weight excluding hydrogens is 344 g/mol. The van der Waals surface area contributed by atoms with Crippen LogP contribution in [0.4, 0.5) is 5.69 Å². The minimum absolute atomic E-state index is 0.0816. The highest BCUT2D eigenvalue weighted by Crippen LogP contribution is 2.26. The van der Waals surface area contributed by atoms with Crippen LogP contribution in [0.25, 0.3) is 16.3 Å². The maximum absolute atomic E-state index is 12.4. The Morgan fingerprint density at radius 1 is 1.36 bits per heavy atom. The van der Waals surface area contributed by atoms with E-state index in [0.29, 0.717) is 18.0 Å². The second-order valence-electron chi connectivity index (χ2n) is 4.95. The van der Waals surface area contributed by atoms with Crippen LogP contribution in [-0.4, -0.2) is 27.2 Å². The number of hydroxylamine groups is 1. The minimum Gasteiger partial charge on any atom is -0.274 e. The molecular formula is C16H14N4O4S. The molecule has 25 heavy (non-hydrogen) atoms. The first-order valence-corrected chi connectivity index (χ1v) is 8.29. The van der Waals surface area contributed by atoms with Crippen molar-refractivity contribution in [3.8, 4) is 16.3 Å². The molecule has 128 valence electrons. The molecule has 9 heteroatoms. The van der Waals surface area contributed by atoms with E-state index in [4.69, 9.17) is 4.84 Å². The van der Waals surface area contributed by atoms with Gasteiger partial charge in [0.2, 0.25) is 0 Å². The summed E-state index contributed by atoms with van der Waals surface area (Å²) >= 11 is 1.48. The maximum Gasteiger partial charge on any atom is 0.293 e. The lowest BCUT2D eigenvalue weighted by molar-refractivity contribution is -0.384. The zero-order chi connectivity index (χ0) is 17.8. The highest BCUT2D eigenvalue weighted by Gasteiger charge is 2.19. The van der Waals surface area contributed by atoms with Crippen LogP contribution in [0.15, 0.2) is 47.8 Å². The van der Waals surface area contributed by atoms with Crippen molar-refractivity contribution in [1.82, 2.24) is 15.3 Å². The standard InChI is InChI=1S/C16H14N4O4S/c1-2-24-18-16(21)14-10-13(15-7-4-8-25-15)17-19(14)11-5-3-6-12(9-11)20(22)23/h3-10H,2H2,1H3,(H,18,21). The topological polar surface area (TPSA) is 99.3 Å². The van der Waals surface area contributed by atoms with Crippen molar-refractivity contribution in [1.29, 1.82) is 0 Å². The summed E-state index contributed by atoms with van der Waals surface area (Å²) in [6.45, 7) is 2.06. The van der Waals surface area contributed by atoms with E-state index in [9.17, 15) is 14.9 Å². The molecule has 0 aliphatic carbocycles. The molecule has 0 unspecified atom stereocenters. The molecule has 1 amide bonds. The number of nitrogens with zero attached hydrogens (tertiary/aromatic N) is 3. The van der Waals surface area contributed by atoms with Crippen molar-refractivity contribution < 1.29 is 14.6 Å². The molecule has 3 aromatic rings. The van der Waals surface area contributed by atoms with E-state index in [1.54, 1.807) is 25.1 Å². The fourth-order valence-corrected chi connectivity index (χ4v) is 2.89. The van der Waals surface area contributed by atoms with Gasteiger partial charge in [-0.1, -0.05) is 12.1 Å². The number of nitro benzene ring substituents is 1. The Balaban J connectivity index is 2.08. The Kier molecular flexibility index (Phi) is 4.87. The van der Waals surface area contributed by atoms with Gasteiger partial charge in [-0.3, -0.25) is 19.7 Å². The maximum atomic E-state index is 12.4. The third-order valence-electron chi connectivity index (χ3n) is 3.31. The van der Waals surface area contributed by atoms with Crippen molar-refractivity contribution in [3.63, 3.8) is 0 Å². The lowest BCUT2D eigenvalue weighted by Gasteiger charge is -2.07. The summed E-state index contributed by atoms with van der Waals surface area (Å²) in [5, 5.41) is 17.4. The molecule has 0 aliphatic heterocycles. The first-order chi connectivity index (χ1) is 12.1. The van der Waals surface area contributed by atoms with E-state index in [-0.39, 0.29) is 11.4 Å². The molecule has 1 aromatic carbocycles.